The summed E-state index contributed by atoms with van der Waals surface area (Å²) in [6, 6.07) is 0. The standard InChI is InChI=1S/2C18H36O2.2C2H6O.Zr/c2*1-2-3-4-5-6-7-8-9-10-11-12-13-14-15-16-17-18(19)20;2*1-2-3;/h2*2-17H2,1H3,(H,19,20);2*3H,2H2,1H3;. The number of carboxylic acids is 2. The van der Waals surface area contributed by atoms with E-state index in [0.717, 1.165) is 25.7 Å². The van der Waals surface area contributed by atoms with Crippen LogP contribution in [0.25, 0.3) is 0 Å². The van der Waals surface area contributed by atoms with Gasteiger partial charge in [0.25, 0.3) is 0 Å². The Morgan fingerprint density at radius 1 is 0.319 bits per heavy atom. The maximum Gasteiger partial charge on any atom is 0.303 e. The van der Waals surface area contributed by atoms with Gasteiger partial charge < -0.3 is 20.4 Å². The summed E-state index contributed by atoms with van der Waals surface area (Å²) < 4.78 is 0. The number of aliphatic hydroxyl groups is 2. The second-order valence-corrected chi connectivity index (χ2v) is 12.8. The van der Waals surface area contributed by atoms with Gasteiger partial charge in [-0.1, -0.05) is 194 Å². The van der Waals surface area contributed by atoms with Crippen molar-refractivity contribution in [3.63, 3.8) is 0 Å². The molecule has 0 rings (SSSR count). The molecule has 0 aliphatic rings. The summed E-state index contributed by atoms with van der Waals surface area (Å²) in [6.45, 7) is 8.40. The molecule has 0 spiro atoms. The first-order valence-corrected chi connectivity index (χ1v) is 20.0. The molecule has 0 aromatic rings. The van der Waals surface area contributed by atoms with Gasteiger partial charge in [0.05, 0.1) is 0 Å². The summed E-state index contributed by atoms with van der Waals surface area (Å²) >= 11 is 0. The fraction of sp³-hybridized carbons (Fsp3) is 0.950. The summed E-state index contributed by atoms with van der Waals surface area (Å²) in [5.74, 6) is -1.31. The van der Waals surface area contributed by atoms with Crippen molar-refractivity contribution in [1.82, 2.24) is 0 Å². The molecule has 4 N–H and O–H groups in total. The number of aliphatic hydroxyl groups excluding tert-OH is 2. The average molecular weight is 752 g/mol. The Bertz CT molecular complexity index is 487. The second-order valence-electron chi connectivity index (χ2n) is 12.8. The van der Waals surface area contributed by atoms with Crippen molar-refractivity contribution in [1.29, 1.82) is 0 Å². The van der Waals surface area contributed by atoms with Gasteiger partial charge in [-0.25, -0.2) is 0 Å². The van der Waals surface area contributed by atoms with E-state index in [1.54, 1.807) is 13.8 Å². The normalized spacial score (nSPS) is 10.0. The number of unbranched alkanes of at least 4 members (excludes halogenated alkanes) is 28. The van der Waals surface area contributed by atoms with E-state index in [0.29, 0.717) is 12.8 Å². The summed E-state index contributed by atoms with van der Waals surface area (Å²) in [7, 11) is 0. The predicted molar refractivity (Wildman–Crippen MR) is 200 cm³/mol. The van der Waals surface area contributed by atoms with Crippen LogP contribution in [0.3, 0.4) is 0 Å². The van der Waals surface area contributed by atoms with Crippen LogP contribution in [0.15, 0.2) is 0 Å². The Labute approximate surface area is 313 Å². The monoisotopic (exact) mass is 751 g/mol. The molecule has 0 atom stereocenters. The molecule has 0 aliphatic heterocycles. The first-order chi connectivity index (χ1) is 22.4. The number of rotatable bonds is 32. The van der Waals surface area contributed by atoms with Gasteiger partial charge in [0.1, 0.15) is 0 Å². The third-order valence-electron chi connectivity index (χ3n) is 7.99. The van der Waals surface area contributed by atoms with Gasteiger partial charge in [0, 0.05) is 52.3 Å². The predicted octanol–water partition coefficient (Wildman–Crippen LogP) is 12.7. The smallest absolute Gasteiger partial charge is 0.303 e. The molecule has 0 heterocycles. The van der Waals surface area contributed by atoms with Crippen LogP contribution in [0.2, 0.25) is 0 Å². The van der Waals surface area contributed by atoms with Crippen molar-refractivity contribution < 1.29 is 56.2 Å². The number of hydrogen-bond donors (Lipinski definition) is 4. The minimum Gasteiger partial charge on any atom is -0.481 e. The average Bonchev–Trinajstić information content (AvgIpc) is 3.02. The third-order valence-corrected chi connectivity index (χ3v) is 7.99. The van der Waals surface area contributed by atoms with E-state index in [4.69, 9.17) is 20.4 Å². The minimum absolute atomic E-state index is 0. The van der Waals surface area contributed by atoms with E-state index < -0.39 is 11.9 Å². The van der Waals surface area contributed by atoms with E-state index in [1.165, 1.54) is 167 Å². The van der Waals surface area contributed by atoms with Gasteiger partial charge >= 0.3 is 11.9 Å². The zero-order valence-corrected chi connectivity index (χ0v) is 34.6. The number of hydrogen-bond acceptors (Lipinski definition) is 4. The molecule has 0 saturated heterocycles. The molecule has 0 amide bonds. The SMILES string of the molecule is CCCCCCCCCCCCCCCCCC(=O)O.CCCCCCCCCCCCCCCCCC(=O)O.CCO.CCO.[Zr]. The van der Waals surface area contributed by atoms with Crippen molar-refractivity contribution in [2.24, 2.45) is 0 Å². The van der Waals surface area contributed by atoms with Crippen LogP contribution in [0.4, 0.5) is 0 Å². The largest absolute Gasteiger partial charge is 0.481 e. The molecule has 284 valence electrons. The summed E-state index contributed by atoms with van der Waals surface area (Å²) in [5.41, 5.74) is 0. The summed E-state index contributed by atoms with van der Waals surface area (Å²) in [5, 5.41) is 32.2. The van der Waals surface area contributed by atoms with Crippen LogP contribution < -0.4 is 0 Å². The van der Waals surface area contributed by atoms with Gasteiger partial charge in [-0.15, -0.1) is 0 Å². The molecule has 6 nitrogen and oxygen atoms in total. The first kappa shape index (κ1) is 56.1. The zero-order valence-electron chi connectivity index (χ0n) is 32.1. The van der Waals surface area contributed by atoms with E-state index in [1.807, 2.05) is 0 Å². The molecule has 0 aromatic heterocycles. The second kappa shape index (κ2) is 58.0. The Hall–Kier alpha value is -0.257. The van der Waals surface area contributed by atoms with Crippen molar-refractivity contribution in [3.8, 4) is 0 Å². The molecular formula is C40H84O6Zr. The van der Waals surface area contributed by atoms with E-state index in [-0.39, 0.29) is 39.4 Å². The first-order valence-electron chi connectivity index (χ1n) is 20.0. The number of aliphatic carboxylic acids is 2. The van der Waals surface area contributed by atoms with Gasteiger partial charge in [-0.3, -0.25) is 9.59 Å². The fourth-order valence-electron chi connectivity index (χ4n) is 5.30. The van der Waals surface area contributed by atoms with Gasteiger partial charge in [-0.05, 0) is 26.7 Å². The molecule has 0 radical (unpaired) electrons. The molecule has 0 aromatic carbocycles. The van der Waals surface area contributed by atoms with Crippen LogP contribution in [-0.4, -0.2) is 45.6 Å². The fourth-order valence-corrected chi connectivity index (χ4v) is 5.30. The quantitative estimate of drug-likeness (QED) is 0.0509. The van der Waals surface area contributed by atoms with Crippen LogP contribution >= 0.6 is 0 Å². The number of carboxylic acid groups (broad SMARTS) is 2. The Morgan fingerprint density at radius 2 is 0.447 bits per heavy atom. The Kier molecular flexibility index (Phi) is 69.2. The van der Waals surface area contributed by atoms with Crippen molar-refractivity contribution in [2.75, 3.05) is 13.2 Å². The van der Waals surface area contributed by atoms with E-state index in [9.17, 15) is 9.59 Å². The maximum absolute atomic E-state index is 10.3. The number of carbonyl (C=O) groups is 2. The topological polar surface area (TPSA) is 115 Å². The molecule has 0 saturated carbocycles. The maximum atomic E-state index is 10.3. The molecule has 7 heteroatoms. The van der Waals surface area contributed by atoms with E-state index in [2.05, 4.69) is 13.8 Å². The van der Waals surface area contributed by atoms with Gasteiger partial charge in [0.2, 0.25) is 0 Å². The van der Waals surface area contributed by atoms with Gasteiger partial charge in [-0.2, -0.15) is 0 Å². The molecule has 0 aliphatic carbocycles. The zero-order chi connectivity index (χ0) is 35.2. The molecule has 0 unspecified atom stereocenters. The van der Waals surface area contributed by atoms with Crippen LogP contribution in [0.5, 0.6) is 0 Å². The van der Waals surface area contributed by atoms with Crippen molar-refractivity contribution in [3.05, 3.63) is 0 Å². The van der Waals surface area contributed by atoms with Crippen molar-refractivity contribution >= 4 is 11.9 Å². The molecular weight excluding hydrogens is 668 g/mol. The van der Waals surface area contributed by atoms with Crippen LogP contribution in [0.1, 0.15) is 233 Å². The van der Waals surface area contributed by atoms with E-state index >= 15 is 0 Å². The van der Waals surface area contributed by atoms with Gasteiger partial charge in [0.15, 0.2) is 0 Å². The summed E-state index contributed by atoms with van der Waals surface area (Å²) in [4.78, 5) is 20.7. The minimum atomic E-state index is -0.653. The third kappa shape index (κ3) is 76.9. The molecule has 47 heavy (non-hydrogen) atoms. The summed E-state index contributed by atoms with van der Waals surface area (Å²) in [6.07, 6.45) is 40.4. The molecule has 0 bridgehead atoms. The van der Waals surface area contributed by atoms with Crippen LogP contribution in [-0.2, 0) is 35.8 Å². The molecule has 0 fully saturated rings. The Balaban J connectivity index is -0.000000210. The van der Waals surface area contributed by atoms with Crippen molar-refractivity contribution in [2.45, 2.75) is 233 Å². The van der Waals surface area contributed by atoms with Crippen LogP contribution in [0, 0.1) is 0 Å². The Morgan fingerprint density at radius 3 is 0.574 bits per heavy atom.